The molecule has 0 radical (unpaired) electrons. The molecular weight excluding hydrogens is 432 g/mol. The van der Waals surface area contributed by atoms with Crippen molar-refractivity contribution >= 4 is 21.4 Å². The van der Waals surface area contributed by atoms with Crippen LogP contribution in [-0.2, 0) is 34.3 Å². The number of hydrogen-bond donors (Lipinski definition) is 1. The molecule has 0 saturated carbocycles. The normalized spacial score (nSPS) is 11.2. The molecule has 8 nitrogen and oxygen atoms in total. The predicted molar refractivity (Wildman–Crippen MR) is 119 cm³/mol. The fraction of sp³-hybridized carbons (Fsp3) is 0.174. The quantitative estimate of drug-likeness (QED) is 0.390. The standard InChI is InChI=1S/C23H22N2O6S/c1-32(29,30)22-12-20(11-21(13-22)25(27)28)23(26)24-14-18-9-5-6-10-19(18)16-31-15-17-7-3-2-4-8-17/h2-13H,14-16H2,1H3,(H,24,26). The van der Waals surface area contributed by atoms with Crippen molar-refractivity contribution in [3.8, 4) is 0 Å². The Balaban J connectivity index is 1.70. The van der Waals surface area contributed by atoms with E-state index in [0.717, 1.165) is 41.1 Å². The highest BCUT2D eigenvalue weighted by Gasteiger charge is 2.19. The zero-order chi connectivity index (χ0) is 23.1. The van der Waals surface area contributed by atoms with Crippen molar-refractivity contribution in [1.29, 1.82) is 0 Å². The van der Waals surface area contributed by atoms with Crippen molar-refractivity contribution in [1.82, 2.24) is 5.32 Å². The summed E-state index contributed by atoms with van der Waals surface area (Å²) in [4.78, 5) is 22.8. The number of ether oxygens (including phenoxy) is 1. The van der Waals surface area contributed by atoms with Gasteiger partial charge in [-0.25, -0.2) is 8.42 Å². The van der Waals surface area contributed by atoms with Crippen LogP contribution >= 0.6 is 0 Å². The van der Waals surface area contributed by atoms with Gasteiger partial charge in [-0.15, -0.1) is 0 Å². The maximum atomic E-state index is 12.6. The van der Waals surface area contributed by atoms with Crippen LogP contribution in [0.1, 0.15) is 27.0 Å². The van der Waals surface area contributed by atoms with Gasteiger partial charge in [-0.2, -0.15) is 0 Å². The van der Waals surface area contributed by atoms with Crippen molar-refractivity contribution in [3.05, 3.63) is 105 Å². The lowest BCUT2D eigenvalue weighted by molar-refractivity contribution is -0.385. The topological polar surface area (TPSA) is 116 Å². The lowest BCUT2D eigenvalue weighted by Crippen LogP contribution is -2.24. The fourth-order valence-electron chi connectivity index (χ4n) is 3.04. The van der Waals surface area contributed by atoms with Gasteiger partial charge in [0.25, 0.3) is 11.6 Å². The van der Waals surface area contributed by atoms with Crippen LogP contribution in [0.15, 0.2) is 77.7 Å². The van der Waals surface area contributed by atoms with Crippen LogP contribution in [0.4, 0.5) is 5.69 Å². The van der Waals surface area contributed by atoms with Gasteiger partial charge in [0.2, 0.25) is 0 Å². The lowest BCUT2D eigenvalue weighted by Gasteiger charge is -2.12. The van der Waals surface area contributed by atoms with Gasteiger partial charge >= 0.3 is 0 Å². The smallest absolute Gasteiger partial charge is 0.271 e. The molecule has 1 amide bonds. The van der Waals surface area contributed by atoms with Crippen LogP contribution < -0.4 is 5.32 Å². The summed E-state index contributed by atoms with van der Waals surface area (Å²) in [5, 5.41) is 13.8. The molecule has 3 aromatic rings. The number of amides is 1. The van der Waals surface area contributed by atoms with Crippen molar-refractivity contribution in [2.75, 3.05) is 6.26 Å². The van der Waals surface area contributed by atoms with Gasteiger partial charge < -0.3 is 10.1 Å². The van der Waals surface area contributed by atoms with Crippen LogP contribution in [0.25, 0.3) is 0 Å². The van der Waals surface area contributed by atoms with E-state index in [1.807, 2.05) is 54.6 Å². The van der Waals surface area contributed by atoms with Gasteiger partial charge in [-0.05, 0) is 22.8 Å². The highest BCUT2D eigenvalue weighted by atomic mass is 32.2. The SMILES string of the molecule is CS(=O)(=O)c1cc(C(=O)NCc2ccccc2COCc2ccccc2)cc([N+](=O)[O-])c1. The van der Waals surface area contributed by atoms with E-state index >= 15 is 0 Å². The van der Waals surface area contributed by atoms with Gasteiger partial charge in [0, 0.05) is 30.5 Å². The Morgan fingerprint density at radius 1 is 0.969 bits per heavy atom. The number of nitro benzene ring substituents is 1. The van der Waals surface area contributed by atoms with Gasteiger partial charge in [0.05, 0.1) is 23.0 Å². The first kappa shape index (κ1) is 23.1. The number of nitrogens with zero attached hydrogens (tertiary/aromatic N) is 1. The third kappa shape index (κ3) is 6.22. The molecule has 3 aromatic carbocycles. The number of carbonyl (C=O) groups is 1. The maximum absolute atomic E-state index is 12.6. The predicted octanol–water partition coefficient (Wildman–Crippen LogP) is 3.65. The molecule has 0 unspecified atom stereocenters. The summed E-state index contributed by atoms with van der Waals surface area (Å²) in [5.74, 6) is -0.612. The Morgan fingerprint density at radius 2 is 1.62 bits per heavy atom. The average molecular weight is 455 g/mol. The summed E-state index contributed by atoms with van der Waals surface area (Å²) in [6.45, 7) is 0.945. The van der Waals surface area contributed by atoms with E-state index in [9.17, 15) is 23.3 Å². The Bertz CT molecular complexity index is 1230. The zero-order valence-electron chi connectivity index (χ0n) is 17.4. The molecule has 0 atom stereocenters. The first-order chi connectivity index (χ1) is 15.2. The van der Waals surface area contributed by atoms with Crippen molar-refractivity contribution in [2.24, 2.45) is 0 Å². The van der Waals surface area contributed by atoms with Gasteiger partial charge in [0.15, 0.2) is 9.84 Å². The summed E-state index contributed by atoms with van der Waals surface area (Å²) in [6, 6.07) is 20.3. The fourth-order valence-corrected chi connectivity index (χ4v) is 3.71. The molecule has 9 heteroatoms. The minimum atomic E-state index is -3.72. The summed E-state index contributed by atoms with van der Waals surface area (Å²) in [6.07, 6.45) is 0.930. The first-order valence-corrected chi connectivity index (χ1v) is 11.6. The Morgan fingerprint density at radius 3 is 2.28 bits per heavy atom. The highest BCUT2D eigenvalue weighted by Crippen LogP contribution is 2.21. The maximum Gasteiger partial charge on any atom is 0.271 e. The number of rotatable bonds is 9. The second-order valence-electron chi connectivity index (χ2n) is 7.17. The number of benzene rings is 3. The average Bonchev–Trinajstić information content (AvgIpc) is 2.78. The molecule has 0 aliphatic rings. The van der Waals surface area contributed by atoms with E-state index < -0.39 is 26.4 Å². The monoisotopic (exact) mass is 454 g/mol. The molecule has 1 N–H and O–H groups in total. The molecule has 3 rings (SSSR count). The van der Waals surface area contributed by atoms with Crippen LogP contribution in [0.3, 0.4) is 0 Å². The molecule has 0 aliphatic heterocycles. The molecule has 0 saturated heterocycles. The molecule has 166 valence electrons. The van der Waals surface area contributed by atoms with Crippen molar-refractivity contribution < 1.29 is 22.9 Å². The van der Waals surface area contributed by atoms with E-state index in [2.05, 4.69) is 5.32 Å². The number of nitrogens with one attached hydrogen (secondary N) is 1. The molecule has 32 heavy (non-hydrogen) atoms. The zero-order valence-corrected chi connectivity index (χ0v) is 18.2. The largest absolute Gasteiger partial charge is 0.372 e. The van der Waals surface area contributed by atoms with Gasteiger partial charge in [-0.3, -0.25) is 14.9 Å². The van der Waals surface area contributed by atoms with Gasteiger partial charge in [0.1, 0.15) is 0 Å². The number of carbonyl (C=O) groups excluding carboxylic acids is 1. The summed E-state index contributed by atoms with van der Waals surface area (Å²) in [7, 11) is -3.72. The third-order valence-corrected chi connectivity index (χ3v) is 5.81. The van der Waals surface area contributed by atoms with Crippen LogP contribution in [0.2, 0.25) is 0 Å². The van der Waals surface area contributed by atoms with E-state index in [1.54, 1.807) is 0 Å². The highest BCUT2D eigenvalue weighted by molar-refractivity contribution is 7.90. The number of non-ortho nitro benzene ring substituents is 1. The van der Waals surface area contributed by atoms with Crippen LogP contribution in [0, 0.1) is 10.1 Å². The number of sulfone groups is 1. The third-order valence-electron chi connectivity index (χ3n) is 4.72. The molecule has 0 spiro atoms. The van der Waals surface area contributed by atoms with Gasteiger partial charge in [-0.1, -0.05) is 54.6 Å². The first-order valence-electron chi connectivity index (χ1n) is 9.70. The summed E-state index contributed by atoms with van der Waals surface area (Å²) < 4.78 is 29.5. The summed E-state index contributed by atoms with van der Waals surface area (Å²) in [5.41, 5.74) is 2.19. The Labute approximate surface area is 185 Å². The molecule has 0 aliphatic carbocycles. The van der Waals surface area contributed by atoms with E-state index in [4.69, 9.17) is 4.74 Å². The molecular formula is C23H22N2O6S. The van der Waals surface area contributed by atoms with Crippen molar-refractivity contribution in [3.63, 3.8) is 0 Å². The van der Waals surface area contributed by atoms with E-state index in [0.29, 0.717) is 13.2 Å². The molecule has 0 fully saturated rings. The van der Waals surface area contributed by atoms with Crippen LogP contribution in [-0.4, -0.2) is 25.5 Å². The Hall–Kier alpha value is -3.56. The van der Waals surface area contributed by atoms with E-state index in [1.165, 1.54) is 0 Å². The number of nitro groups is 1. The minimum Gasteiger partial charge on any atom is -0.372 e. The Kier molecular flexibility index (Phi) is 7.34. The minimum absolute atomic E-state index is 0.0996. The molecule has 0 bridgehead atoms. The molecule has 0 heterocycles. The lowest BCUT2D eigenvalue weighted by atomic mass is 10.1. The summed E-state index contributed by atoms with van der Waals surface area (Å²) >= 11 is 0. The second-order valence-corrected chi connectivity index (χ2v) is 9.19. The molecule has 0 aromatic heterocycles. The van der Waals surface area contributed by atoms with Crippen LogP contribution in [0.5, 0.6) is 0 Å². The second kappa shape index (κ2) is 10.2. The van der Waals surface area contributed by atoms with E-state index in [-0.39, 0.29) is 17.0 Å². The van der Waals surface area contributed by atoms with Crippen molar-refractivity contribution in [2.45, 2.75) is 24.7 Å². The number of hydrogen-bond acceptors (Lipinski definition) is 6.